The van der Waals surface area contributed by atoms with Crippen LogP contribution in [0.1, 0.15) is 0 Å². The molecule has 3 aromatic rings. The number of aromatic nitrogens is 6. The number of tetrazole rings is 1. The van der Waals surface area contributed by atoms with Gasteiger partial charge < -0.3 is 5.32 Å². The average Bonchev–Trinajstić information content (AvgIpc) is 2.91. The van der Waals surface area contributed by atoms with Gasteiger partial charge in [-0.25, -0.2) is 18.4 Å². The number of para-hydroxylation sites is 2. The molecule has 110 valence electrons. The molecular formula is C12H9N7O2S. The van der Waals surface area contributed by atoms with Crippen molar-refractivity contribution in [1.29, 1.82) is 0 Å². The molecule has 10 heteroatoms. The van der Waals surface area contributed by atoms with Crippen molar-refractivity contribution >= 4 is 21.3 Å². The van der Waals surface area contributed by atoms with E-state index in [4.69, 9.17) is 0 Å². The van der Waals surface area contributed by atoms with Crippen molar-refractivity contribution in [3.63, 3.8) is 0 Å². The van der Waals surface area contributed by atoms with Crippen molar-refractivity contribution < 1.29 is 8.42 Å². The van der Waals surface area contributed by atoms with Gasteiger partial charge in [0.05, 0.1) is 16.9 Å². The third-order valence-corrected chi connectivity index (χ3v) is 4.05. The highest BCUT2D eigenvalue weighted by Crippen LogP contribution is 2.34. The highest BCUT2D eigenvalue weighted by atomic mass is 32.2. The molecule has 0 amide bonds. The van der Waals surface area contributed by atoms with Crippen LogP contribution >= 0.6 is 0 Å². The van der Waals surface area contributed by atoms with Crippen LogP contribution in [0, 0.1) is 0 Å². The fraction of sp³-hybridized carbons (Fsp3) is 0.0833. The Hall–Kier alpha value is -2.88. The molecule has 1 aliphatic heterocycles. The van der Waals surface area contributed by atoms with Gasteiger partial charge in [-0.05, 0) is 22.6 Å². The van der Waals surface area contributed by atoms with Gasteiger partial charge in [-0.2, -0.15) is 4.68 Å². The molecular weight excluding hydrogens is 306 g/mol. The third-order valence-electron chi connectivity index (χ3n) is 3.19. The first-order valence-electron chi connectivity index (χ1n) is 6.26. The average molecular weight is 315 g/mol. The van der Waals surface area contributed by atoms with Crippen LogP contribution in [0.2, 0.25) is 0 Å². The maximum Gasteiger partial charge on any atom is 0.248 e. The lowest BCUT2D eigenvalue weighted by atomic mass is 10.2. The summed E-state index contributed by atoms with van der Waals surface area (Å²) in [4.78, 5) is 8.00. The second kappa shape index (κ2) is 4.31. The molecule has 0 atom stereocenters. The summed E-state index contributed by atoms with van der Waals surface area (Å²) in [6.07, 6.45) is 2.46. The topological polar surface area (TPSA) is 116 Å². The van der Waals surface area contributed by atoms with E-state index in [0.717, 1.165) is 11.9 Å². The molecule has 0 aliphatic carbocycles. The van der Waals surface area contributed by atoms with Gasteiger partial charge in [0.15, 0.2) is 5.82 Å². The van der Waals surface area contributed by atoms with E-state index in [-0.39, 0.29) is 5.16 Å². The minimum Gasteiger partial charge on any atom is -0.338 e. The number of nitrogens with zero attached hydrogens (tertiary/aromatic N) is 6. The molecule has 4 rings (SSSR count). The molecule has 0 unspecified atom stereocenters. The van der Waals surface area contributed by atoms with E-state index < -0.39 is 9.84 Å². The van der Waals surface area contributed by atoms with E-state index >= 15 is 0 Å². The lowest BCUT2D eigenvalue weighted by Gasteiger charge is -2.08. The van der Waals surface area contributed by atoms with Crippen LogP contribution in [0.15, 0.2) is 35.6 Å². The fourth-order valence-electron chi connectivity index (χ4n) is 2.21. The zero-order valence-electron chi connectivity index (χ0n) is 11.3. The number of hydrogen-bond acceptors (Lipinski definition) is 8. The predicted molar refractivity (Wildman–Crippen MR) is 76.6 cm³/mol. The van der Waals surface area contributed by atoms with Crippen molar-refractivity contribution in [3.05, 3.63) is 30.5 Å². The molecule has 2 aromatic heterocycles. The van der Waals surface area contributed by atoms with Gasteiger partial charge in [-0.15, -0.1) is 5.10 Å². The van der Waals surface area contributed by atoms with Crippen LogP contribution < -0.4 is 5.32 Å². The number of hydrogen-bond donors (Lipinski definition) is 1. The molecule has 1 N–H and O–H groups in total. The van der Waals surface area contributed by atoms with Crippen LogP contribution in [0.3, 0.4) is 0 Å². The Bertz CT molecular complexity index is 996. The minimum absolute atomic E-state index is 0.253. The van der Waals surface area contributed by atoms with E-state index in [9.17, 15) is 8.42 Å². The van der Waals surface area contributed by atoms with Crippen molar-refractivity contribution in [2.75, 3.05) is 11.6 Å². The van der Waals surface area contributed by atoms with Crippen LogP contribution in [-0.4, -0.2) is 44.8 Å². The normalized spacial score (nSPS) is 12.6. The monoisotopic (exact) mass is 315 g/mol. The highest BCUT2D eigenvalue weighted by molar-refractivity contribution is 7.90. The Labute approximate surface area is 125 Å². The third kappa shape index (κ3) is 1.84. The van der Waals surface area contributed by atoms with Crippen molar-refractivity contribution in [3.8, 4) is 17.1 Å². The summed E-state index contributed by atoms with van der Waals surface area (Å²) in [5.41, 5.74) is 1.97. The number of nitrogens with one attached hydrogen (secondary N) is 1. The van der Waals surface area contributed by atoms with Gasteiger partial charge in [-0.3, -0.25) is 0 Å². The zero-order valence-corrected chi connectivity index (χ0v) is 12.1. The maximum atomic E-state index is 11.6. The first-order chi connectivity index (χ1) is 10.5. The van der Waals surface area contributed by atoms with E-state index in [1.54, 1.807) is 4.68 Å². The van der Waals surface area contributed by atoms with E-state index in [1.807, 2.05) is 24.3 Å². The minimum atomic E-state index is -3.51. The van der Waals surface area contributed by atoms with Gasteiger partial charge in [-0.1, -0.05) is 12.1 Å². The number of fused-ring (bicyclic) bond motifs is 5. The molecule has 0 radical (unpaired) electrons. The first-order valence-corrected chi connectivity index (χ1v) is 8.15. The molecule has 9 nitrogen and oxygen atoms in total. The summed E-state index contributed by atoms with van der Waals surface area (Å²) in [6.45, 7) is 0. The fourth-order valence-corrected chi connectivity index (χ4v) is 2.71. The van der Waals surface area contributed by atoms with E-state index in [2.05, 4.69) is 30.8 Å². The summed E-state index contributed by atoms with van der Waals surface area (Å²) < 4.78 is 24.8. The van der Waals surface area contributed by atoms with Crippen LogP contribution in [-0.2, 0) is 9.84 Å². The lowest BCUT2D eigenvalue weighted by molar-refractivity contribution is 0.593. The van der Waals surface area contributed by atoms with Crippen molar-refractivity contribution in [2.24, 2.45) is 0 Å². The number of benzene rings is 1. The van der Waals surface area contributed by atoms with Crippen LogP contribution in [0.4, 0.5) is 11.5 Å². The molecule has 3 heterocycles. The van der Waals surface area contributed by atoms with E-state index in [1.165, 1.54) is 6.20 Å². The number of rotatable bonds is 1. The Balaban J connectivity index is 2.04. The summed E-state index contributed by atoms with van der Waals surface area (Å²) in [6, 6.07) is 7.38. The quantitative estimate of drug-likeness (QED) is 0.507. The van der Waals surface area contributed by atoms with Crippen LogP contribution in [0.5, 0.6) is 0 Å². The molecule has 0 saturated carbocycles. The second-order valence-corrected chi connectivity index (χ2v) is 6.65. The molecule has 1 aromatic carbocycles. The summed E-state index contributed by atoms with van der Waals surface area (Å²) in [5, 5.41) is 14.5. The van der Waals surface area contributed by atoms with Crippen LogP contribution in [0.25, 0.3) is 17.1 Å². The van der Waals surface area contributed by atoms with Crippen molar-refractivity contribution in [1.82, 2.24) is 30.2 Å². The molecule has 22 heavy (non-hydrogen) atoms. The predicted octanol–water partition coefficient (Wildman–Crippen LogP) is 0.580. The van der Waals surface area contributed by atoms with Gasteiger partial charge in [0, 0.05) is 12.5 Å². The summed E-state index contributed by atoms with van der Waals surface area (Å²) in [7, 11) is -3.51. The van der Waals surface area contributed by atoms with Gasteiger partial charge in [0.25, 0.3) is 0 Å². The van der Waals surface area contributed by atoms with Gasteiger partial charge >= 0.3 is 0 Å². The molecule has 0 spiro atoms. The maximum absolute atomic E-state index is 11.6. The second-order valence-electron chi connectivity index (χ2n) is 4.74. The molecule has 1 aliphatic rings. The zero-order chi connectivity index (χ0) is 15.3. The summed E-state index contributed by atoms with van der Waals surface area (Å²) in [5.74, 6) is 0.781. The Morgan fingerprint density at radius 1 is 1.23 bits per heavy atom. The van der Waals surface area contributed by atoms with Crippen molar-refractivity contribution in [2.45, 2.75) is 5.16 Å². The molecule has 0 bridgehead atoms. The molecule has 0 saturated heterocycles. The Kier molecular flexibility index (Phi) is 2.51. The SMILES string of the molecule is CS(=O)(=O)c1ncc2c(n1)Nc1ccccc1-n1nnnc1-2. The first kappa shape index (κ1) is 12.8. The smallest absolute Gasteiger partial charge is 0.248 e. The number of sulfone groups is 1. The Morgan fingerprint density at radius 3 is 2.86 bits per heavy atom. The largest absolute Gasteiger partial charge is 0.338 e. The standard InChI is InChI=1S/C12H9N7O2S/c1-22(20,21)12-13-6-7-10(15-12)14-8-4-2-3-5-9(8)19-11(7)16-17-18-19/h2-6H,1H3,(H,13,14,15). The van der Waals surface area contributed by atoms with Gasteiger partial charge in [0.1, 0.15) is 5.82 Å². The Morgan fingerprint density at radius 2 is 2.05 bits per heavy atom. The highest BCUT2D eigenvalue weighted by Gasteiger charge is 2.24. The lowest BCUT2D eigenvalue weighted by Crippen LogP contribution is -2.07. The summed E-state index contributed by atoms with van der Waals surface area (Å²) >= 11 is 0. The number of anilines is 2. The molecule has 0 fully saturated rings. The van der Waals surface area contributed by atoms with Gasteiger partial charge in [0.2, 0.25) is 15.0 Å². The van der Waals surface area contributed by atoms with E-state index in [0.29, 0.717) is 22.9 Å².